The Morgan fingerprint density at radius 2 is 0.571 bits per heavy atom. The van der Waals surface area contributed by atoms with Gasteiger partial charge in [-0.1, -0.05) is 200 Å². The predicted molar refractivity (Wildman–Crippen MR) is 289 cm³/mol. The van der Waals surface area contributed by atoms with Crippen LogP contribution in [0.15, 0.2) is 255 Å². The summed E-state index contributed by atoms with van der Waals surface area (Å²) in [4.78, 5) is 0. The Bertz CT molecular complexity index is 4260. The second-order valence-electron chi connectivity index (χ2n) is 19.5. The highest BCUT2D eigenvalue weighted by atomic mass is 15.0. The fourth-order valence-electron chi connectivity index (χ4n) is 13.8. The molecule has 0 atom stereocenters. The van der Waals surface area contributed by atoms with E-state index in [-0.39, 0.29) is 0 Å². The lowest BCUT2D eigenvalue weighted by Gasteiger charge is -2.49. The smallest absolute Gasteiger partial charge is 0.0720 e. The molecule has 13 aromatic rings. The highest BCUT2D eigenvalue weighted by Crippen LogP contribution is 2.67. The summed E-state index contributed by atoms with van der Waals surface area (Å²) < 4.78 is 4.88. The van der Waals surface area contributed by atoms with Crippen LogP contribution in [-0.2, 0) is 10.8 Å². The summed E-state index contributed by atoms with van der Waals surface area (Å²) in [5, 5.41) is 4.99. The molecule has 2 nitrogen and oxygen atoms in total. The summed E-state index contributed by atoms with van der Waals surface area (Å²) in [6.45, 7) is 0. The number of nitrogens with zero attached hydrogens (tertiary/aromatic N) is 2. The lowest BCUT2D eigenvalue weighted by molar-refractivity contribution is 0.633. The number of aromatic nitrogens is 2. The Morgan fingerprint density at radius 3 is 1.06 bits per heavy atom. The standard InChI is InChI=1S/C68H42N2/c1-2-18-45(19-3-1)69-63-32-16-8-24-51(63)53-42-66-54(41-65(53)69)52-25-9-17-33-64(52)70(66)46-37-34-43(35-38-46)44-36-39-61-62(40-44)68(57-28-12-6-22-49(57)50-23-7-13-29-58(50)68)60-31-15-14-30-59(60)67(61)55-26-10-4-20-47(55)48-21-5-11-27-56(48)67/h1-42H. The van der Waals surface area contributed by atoms with E-state index in [2.05, 4.69) is 264 Å². The van der Waals surface area contributed by atoms with Crippen LogP contribution in [0.25, 0.3) is 88.4 Å². The molecule has 2 heteroatoms. The molecule has 324 valence electrons. The maximum Gasteiger partial charge on any atom is 0.0720 e. The van der Waals surface area contributed by atoms with Crippen LogP contribution in [0.5, 0.6) is 0 Å². The summed E-state index contributed by atoms with van der Waals surface area (Å²) in [5.41, 5.74) is 24.5. The van der Waals surface area contributed by atoms with Crippen LogP contribution >= 0.6 is 0 Å². The fraction of sp³-hybridized carbons (Fsp3) is 0.0294. The van der Waals surface area contributed by atoms with E-state index >= 15 is 0 Å². The minimum atomic E-state index is -0.537. The van der Waals surface area contributed by atoms with Crippen molar-refractivity contribution in [2.24, 2.45) is 0 Å². The first-order valence-electron chi connectivity index (χ1n) is 24.5. The van der Waals surface area contributed by atoms with Gasteiger partial charge in [-0.2, -0.15) is 0 Å². The quantitative estimate of drug-likeness (QED) is 0.167. The van der Waals surface area contributed by atoms with Gasteiger partial charge >= 0.3 is 0 Å². The van der Waals surface area contributed by atoms with Crippen molar-refractivity contribution in [1.82, 2.24) is 9.13 Å². The van der Waals surface area contributed by atoms with Crippen molar-refractivity contribution < 1.29 is 0 Å². The normalized spacial score (nSPS) is 14.2. The van der Waals surface area contributed by atoms with E-state index in [0.717, 1.165) is 5.69 Å². The van der Waals surface area contributed by atoms with Gasteiger partial charge in [0.15, 0.2) is 0 Å². The van der Waals surface area contributed by atoms with Gasteiger partial charge in [0.05, 0.1) is 32.9 Å². The molecule has 11 aromatic carbocycles. The van der Waals surface area contributed by atoms with Crippen molar-refractivity contribution in [1.29, 1.82) is 0 Å². The van der Waals surface area contributed by atoms with Crippen molar-refractivity contribution in [3.8, 4) is 44.8 Å². The summed E-state index contributed by atoms with van der Waals surface area (Å²) in [5.74, 6) is 0. The van der Waals surface area contributed by atoms with Crippen LogP contribution in [0.2, 0.25) is 0 Å². The fourth-order valence-corrected chi connectivity index (χ4v) is 13.8. The zero-order chi connectivity index (χ0) is 45.7. The Labute approximate surface area is 405 Å². The van der Waals surface area contributed by atoms with E-state index in [9.17, 15) is 0 Å². The summed E-state index contributed by atoms with van der Waals surface area (Å²) in [6, 6.07) is 96.1. The van der Waals surface area contributed by atoms with Gasteiger partial charge in [-0.25, -0.2) is 0 Å². The van der Waals surface area contributed by atoms with Crippen LogP contribution in [-0.4, -0.2) is 9.13 Å². The number of hydrogen-bond acceptors (Lipinski definition) is 0. The van der Waals surface area contributed by atoms with E-state index in [1.165, 1.54) is 127 Å². The number of benzene rings is 11. The third-order valence-electron chi connectivity index (χ3n) is 16.4. The van der Waals surface area contributed by atoms with Crippen LogP contribution < -0.4 is 0 Å². The van der Waals surface area contributed by atoms with Gasteiger partial charge in [0.25, 0.3) is 0 Å². The lowest BCUT2D eigenvalue weighted by Crippen LogP contribution is -2.43. The van der Waals surface area contributed by atoms with E-state index in [4.69, 9.17) is 0 Å². The topological polar surface area (TPSA) is 9.86 Å². The molecule has 0 N–H and O–H groups in total. The molecule has 3 aliphatic rings. The molecule has 0 radical (unpaired) electrons. The summed E-state index contributed by atoms with van der Waals surface area (Å²) >= 11 is 0. The van der Waals surface area contributed by atoms with Crippen molar-refractivity contribution in [2.75, 3.05) is 0 Å². The van der Waals surface area contributed by atoms with Crippen LogP contribution in [0.1, 0.15) is 44.5 Å². The minimum Gasteiger partial charge on any atom is -0.309 e. The molecular formula is C68H42N2. The maximum absolute atomic E-state index is 2.56. The van der Waals surface area contributed by atoms with Gasteiger partial charge in [-0.15, -0.1) is 0 Å². The van der Waals surface area contributed by atoms with Crippen molar-refractivity contribution in [3.05, 3.63) is 299 Å². The maximum atomic E-state index is 2.56. The summed E-state index contributed by atoms with van der Waals surface area (Å²) in [6.07, 6.45) is 0. The SMILES string of the molecule is c1ccc(-n2c3ccccc3c3cc4c(cc32)c2ccccc2n4-c2ccc(-c3ccc4c(c3)C3(c5ccccc5-c5ccccc53)c3ccccc3C43c4ccccc4-c4ccccc43)cc2)cc1. The van der Waals surface area contributed by atoms with Crippen molar-refractivity contribution >= 4 is 43.6 Å². The van der Waals surface area contributed by atoms with Crippen molar-refractivity contribution in [2.45, 2.75) is 10.8 Å². The first-order chi connectivity index (χ1) is 34.7. The Hall–Kier alpha value is -8.98. The van der Waals surface area contributed by atoms with Crippen molar-refractivity contribution in [3.63, 3.8) is 0 Å². The van der Waals surface area contributed by atoms with Crippen LogP contribution in [0.4, 0.5) is 0 Å². The zero-order valence-corrected chi connectivity index (χ0v) is 38.1. The Kier molecular flexibility index (Phi) is 7.51. The average Bonchev–Trinajstić information content (AvgIpc) is 4.13. The van der Waals surface area contributed by atoms with Gasteiger partial charge in [0.2, 0.25) is 0 Å². The van der Waals surface area contributed by atoms with Gasteiger partial charge in [0.1, 0.15) is 0 Å². The van der Waals surface area contributed by atoms with E-state index in [1.807, 2.05) is 0 Å². The third-order valence-corrected chi connectivity index (χ3v) is 16.4. The molecule has 0 fully saturated rings. The minimum absolute atomic E-state index is 0.505. The number of fused-ring (bicyclic) bond motifs is 22. The second kappa shape index (κ2) is 13.8. The first kappa shape index (κ1) is 38.0. The van der Waals surface area contributed by atoms with Crippen LogP contribution in [0.3, 0.4) is 0 Å². The summed E-state index contributed by atoms with van der Waals surface area (Å²) in [7, 11) is 0. The largest absolute Gasteiger partial charge is 0.309 e. The van der Waals surface area contributed by atoms with E-state index < -0.39 is 10.8 Å². The zero-order valence-electron chi connectivity index (χ0n) is 38.1. The molecule has 2 heterocycles. The van der Waals surface area contributed by atoms with Gasteiger partial charge in [0, 0.05) is 32.9 Å². The van der Waals surface area contributed by atoms with Gasteiger partial charge in [-0.3, -0.25) is 0 Å². The second-order valence-corrected chi connectivity index (χ2v) is 19.5. The molecule has 2 aromatic heterocycles. The highest BCUT2D eigenvalue weighted by molar-refractivity contribution is 6.19. The molecular weight excluding hydrogens is 845 g/mol. The molecule has 0 saturated heterocycles. The predicted octanol–water partition coefficient (Wildman–Crippen LogP) is 16.6. The number of hydrogen-bond donors (Lipinski definition) is 0. The molecule has 0 unspecified atom stereocenters. The molecule has 3 aliphatic carbocycles. The third kappa shape index (κ3) is 4.64. The highest BCUT2D eigenvalue weighted by Gasteiger charge is 2.59. The van der Waals surface area contributed by atoms with Crippen LogP contribution in [0, 0.1) is 0 Å². The lowest BCUT2D eigenvalue weighted by atomic mass is 9.52. The van der Waals surface area contributed by atoms with Gasteiger partial charge < -0.3 is 9.13 Å². The molecule has 16 rings (SSSR count). The number of para-hydroxylation sites is 3. The molecule has 0 bridgehead atoms. The average molecular weight is 887 g/mol. The molecule has 70 heavy (non-hydrogen) atoms. The molecule has 0 saturated carbocycles. The molecule has 0 aliphatic heterocycles. The Balaban J connectivity index is 0.932. The molecule has 2 spiro atoms. The monoisotopic (exact) mass is 886 g/mol. The van der Waals surface area contributed by atoms with E-state index in [0.29, 0.717) is 0 Å². The number of rotatable bonds is 3. The Morgan fingerprint density at radius 1 is 0.214 bits per heavy atom. The molecule has 0 amide bonds. The van der Waals surface area contributed by atoms with E-state index in [1.54, 1.807) is 0 Å². The van der Waals surface area contributed by atoms with Gasteiger partial charge in [-0.05, 0) is 132 Å². The first-order valence-corrected chi connectivity index (χ1v) is 24.5.